The van der Waals surface area contributed by atoms with Crippen LogP contribution in [0.15, 0.2) is 42.5 Å². The summed E-state index contributed by atoms with van der Waals surface area (Å²) >= 11 is 3.54. The molecule has 2 rings (SSSR count). The second-order valence-corrected chi connectivity index (χ2v) is 5.42. The van der Waals surface area contributed by atoms with Gasteiger partial charge < -0.3 is 0 Å². The SMILES string of the molecule is Cc1ccc(C(Br)Cc2ccc(F)cc2F)cc1. The van der Waals surface area contributed by atoms with Crippen LogP contribution in [0.1, 0.15) is 21.5 Å². The molecule has 0 fully saturated rings. The van der Waals surface area contributed by atoms with Crippen LogP contribution in [0.5, 0.6) is 0 Å². The average molecular weight is 311 g/mol. The number of benzene rings is 2. The predicted molar refractivity (Wildman–Crippen MR) is 72.9 cm³/mol. The third kappa shape index (κ3) is 3.16. The molecule has 0 N–H and O–H groups in total. The summed E-state index contributed by atoms with van der Waals surface area (Å²) in [6.45, 7) is 2.02. The molecular weight excluding hydrogens is 298 g/mol. The summed E-state index contributed by atoms with van der Waals surface area (Å²) in [5.74, 6) is -1.04. The van der Waals surface area contributed by atoms with E-state index in [4.69, 9.17) is 0 Å². The summed E-state index contributed by atoms with van der Waals surface area (Å²) in [7, 11) is 0. The van der Waals surface area contributed by atoms with E-state index in [-0.39, 0.29) is 4.83 Å². The first kappa shape index (κ1) is 13.2. The van der Waals surface area contributed by atoms with Gasteiger partial charge >= 0.3 is 0 Å². The molecule has 0 aromatic heterocycles. The molecule has 0 saturated carbocycles. The highest BCUT2D eigenvalue weighted by Gasteiger charge is 2.12. The van der Waals surface area contributed by atoms with Crippen LogP contribution in [-0.4, -0.2) is 0 Å². The van der Waals surface area contributed by atoms with Crippen molar-refractivity contribution < 1.29 is 8.78 Å². The summed E-state index contributed by atoms with van der Waals surface area (Å²) in [4.78, 5) is 0.0260. The average Bonchev–Trinajstić information content (AvgIpc) is 2.33. The molecule has 0 saturated heterocycles. The molecule has 0 aliphatic rings. The van der Waals surface area contributed by atoms with E-state index in [9.17, 15) is 8.78 Å². The Morgan fingerprint density at radius 1 is 1.06 bits per heavy atom. The van der Waals surface area contributed by atoms with Gasteiger partial charge in [0.1, 0.15) is 11.6 Å². The number of hydrogen-bond donors (Lipinski definition) is 0. The van der Waals surface area contributed by atoms with Crippen LogP contribution in [0.2, 0.25) is 0 Å². The van der Waals surface area contributed by atoms with Crippen molar-refractivity contribution in [1.29, 1.82) is 0 Å². The zero-order chi connectivity index (χ0) is 13.1. The van der Waals surface area contributed by atoms with E-state index in [0.717, 1.165) is 11.6 Å². The monoisotopic (exact) mass is 310 g/mol. The molecule has 0 radical (unpaired) electrons. The quantitative estimate of drug-likeness (QED) is 0.703. The molecular formula is C15H13BrF2. The van der Waals surface area contributed by atoms with Crippen molar-refractivity contribution in [3.63, 3.8) is 0 Å². The first-order valence-electron chi connectivity index (χ1n) is 5.71. The van der Waals surface area contributed by atoms with Crippen LogP contribution in [0.25, 0.3) is 0 Å². The Morgan fingerprint density at radius 2 is 1.72 bits per heavy atom. The smallest absolute Gasteiger partial charge is 0.129 e. The van der Waals surface area contributed by atoms with E-state index in [1.165, 1.54) is 17.7 Å². The van der Waals surface area contributed by atoms with Crippen molar-refractivity contribution >= 4 is 15.9 Å². The zero-order valence-electron chi connectivity index (χ0n) is 9.96. The van der Waals surface area contributed by atoms with Gasteiger partial charge in [-0.1, -0.05) is 51.8 Å². The highest BCUT2D eigenvalue weighted by Crippen LogP contribution is 2.28. The van der Waals surface area contributed by atoms with Crippen molar-refractivity contribution in [2.75, 3.05) is 0 Å². The second-order valence-electron chi connectivity index (χ2n) is 4.32. The summed E-state index contributed by atoms with van der Waals surface area (Å²) in [5.41, 5.74) is 2.79. The lowest BCUT2D eigenvalue weighted by atomic mass is 10.0. The highest BCUT2D eigenvalue weighted by atomic mass is 79.9. The highest BCUT2D eigenvalue weighted by molar-refractivity contribution is 9.09. The van der Waals surface area contributed by atoms with Gasteiger partial charge in [-0.15, -0.1) is 0 Å². The fraction of sp³-hybridized carbons (Fsp3) is 0.200. The summed E-state index contributed by atoms with van der Waals surface area (Å²) < 4.78 is 26.3. The lowest BCUT2D eigenvalue weighted by Crippen LogP contribution is -1.98. The molecule has 18 heavy (non-hydrogen) atoms. The van der Waals surface area contributed by atoms with Gasteiger partial charge in [-0.05, 0) is 30.5 Å². The Kier molecular flexibility index (Phi) is 4.12. The summed E-state index contributed by atoms with van der Waals surface area (Å²) in [5, 5.41) is 0. The van der Waals surface area contributed by atoms with Gasteiger partial charge in [-0.2, -0.15) is 0 Å². The Labute approximate surface area is 114 Å². The van der Waals surface area contributed by atoms with Crippen molar-refractivity contribution in [3.8, 4) is 0 Å². The Bertz CT molecular complexity index is 535. The largest absolute Gasteiger partial charge is 0.207 e. The van der Waals surface area contributed by atoms with Gasteiger partial charge in [0.2, 0.25) is 0 Å². The zero-order valence-corrected chi connectivity index (χ0v) is 11.5. The van der Waals surface area contributed by atoms with Gasteiger partial charge in [0.05, 0.1) is 0 Å². The molecule has 0 amide bonds. The molecule has 2 aromatic carbocycles. The van der Waals surface area contributed by atoms with Crippen LogP contribution in [0, 0.1) is 18.6 Å². The normalized spacial score (nSPS) is 12.4. The Balaban J connectivity index is 2.15. The molecule has 0 nitrogen and oxygen atoms in total. The molecule has 1 unspecified atom stereocenters. The molecule has 0 spiro atoms. The second kappa shape index (κ2) is 5.61. The molecule has 0 aliphatic carbocycles. The third-order valence-corrected chi connectivity index (χ3v) is 3.71. The summed E-state index contributed by atoms with van der Waals surface area (Å²) in [6.07, 6.45) is 0.495. The van der Waals surface area contributed by atoms with Crippen LogP contribution in [0.4, 0.5) is 8.78 Å². The summed E-state index contributed by atoms with van der Waals surface area (Å²) in [6, 6.07) is 11.8. The third-order valence-electron chi connectivity index (χ3n) is 2.85. The Morgan fingerprint density at radius 3 is 2.33 bits per heavy atom. The molecule has 94 valence electrons. The number of rotatable bonds is 3. The van der Waals surface area contributed by atoms with E-state index in [1.807, 2.05) is 31.2 Å². The maximum atomic E-state index is 13.5. The topological polar surface area (TPSA) is 0 Å². The fourth-order valence-electron chi connectivity index (χ4n) is 1.77. The minimum absolute atomic E-state index is 0.0260. The number of halogens is 3. The van der Waals surface area contributed by atoms with E-state index >= 15 is 0 Å². The maximum Gasteiger partial charge on any atom is 0.129 e. The van der Waals surface area contributed by atoms with E-state index in [1.54, 1.807) is 0 Å². The van der Waals surface area contributed by atoms with Crippen LogP contribution < -0.4 is 0 Å². The first-order chi connectivity index (χ1) is 8.56. The van der Waals surface area contributed by atoms with E-state index < -0.39 is 11.6 Å². The molecule has 0 bridgehead atoms. The van der Waals surface area contributed by atoms with Crippen molar-refractivity contribution in [3.05, 3.63) is 70.8 Å². The number of alkyl halides is 1. The van der Waals surface area contributed by atoms with Crippen LogP contribution in [0.3, 0.4) is 0 Å². The van der Waals surface area contributed by atoms with Gasteiger partial charge in [0.25, 0.3) is 0 Å². The van der Waals surface area contributed by atoms with Crippen molar-refractivity contribution in [2.24, 2.45) is 0 Å². The molecule has 0 aliphatic heterocycles. The van der Waals surface area contributed by atoms with Crippen LogP contribution >= 0.6 is 15.9 Å². The first-order valence-corrected chi connectivity index (χ1v) is 6.62. The van der Waals surface area contributed by atoms with E-state index in [2.05, 4.69) is 15.9 Å². The molecule has 3 heteroatoms. The molecule has 1 atom stereocenters. The number of hydrogen-bond acceptors (Lipinski definition) is 0. The lowest BCUT2D eigenvalue weighted by Gasteiger charge is -2.11. The lowest BCUT2D eigenvalue weighted by molar-refractivity contribution is 0.571. The van der Waals surface area contributed by atoms with Gasteiger partial charge in [0, 0.05) is 10.9 Å². The van der Waals surface area contributed by atoms with Crippen molar-refractivity contribution in [1.82, 2.24) is 0 Å². The molecule has 2 aromatic rings. The van der Waals surface area contributed by atoms with Crippen LogP contribution in [-0.2, 0) is 6.42 Å². The standard InChI is InChI=1S/C15H13BrF2/c1-10-2-4-11(5-3-10)14(16)8-12-6-7-13(17)9-15(12)18/h2-7,9,14H,8H2,1H3. The van der Waals surface area contributed by atoms with Gasteiger partial charge in [-0.3, -0.25) is 0 Å². The minimum Gasteiger partial charge on any atom is -0.207 e. The van der Waals surface area contributed by atoms with E-state index in [0.29, 0.717) is 12.0 Å². The van der Waals surface area contributed by atoms with Gasteiger partial charge in [-0.25, -0.2) is 8.78 Å². The minimum atomic E-state index is -0.544. The predicted octanol–water partition coefficient (Wildman–Crippen LogP) is 4.95. The Hall–Kier alpha value is -1.22. The maximum absolute atomic E-state index is 13.5. The fourth-order valence-corrected chi connectivity index (χ4v) is 2.43. The number of aryl methyl sites for hydroxylation is 1. The van der Waals surface area contributed by atoms with Crippen molar-refractivity contribution in [2.45, 2.75) is 18.2 Å². The molecule has 0 heterocycles. The van der Waals surface area contributed by atoms with Gasteiger partial charge in [0.15, 0.2) is 0 Å².